The second-order valence-electron chi connectivity index (χ2n) is 13.1. The summed E-state index contributed by atoms with van der Waals surface area (Å²) >= 11 is 14.9. The van der Waals surface area contributed by atoms with Crippen LogP contribution in [0.2, 0.25) is 5.02 Å². The second-order valence-corrected chi connectivity index (χ2v) is 16.3. The highest BCUT2D eigenvalue weighted by Crippen LogP contribution is 2.49. The third-order valence-corrected chi connectivity index (χ3v) is 11.0. The minimum Gasteiger partial charge on any atom is -0.464 e. The molecule has 1 aliphatic heterocycles. The molecule has 9 nitrogen and oxygen atoms in total. The summed E-state index contributed by atoms with van der Waals surface area (Å²) in [6.45, 7) is 5.06. The summed E-state index contributed by atoms with van der Waals surface area (Å²) < 4.78 is 11.1. The average molecular weight is 728 g/mol. The van der Waals surface area contributed by atoms with Gasteiger partial charge in [0.15, 0.2) is 0 Å². The molecule has 0 radical (unpaired) electrons. The molecule has 13 heteroatoms. The number of thioether (sulfide) groups is 1. The Kier molecular flexibility index (Phi) is 11.6. The SMILES string of the molecule is CC(C)(C)OC(=O)N[C@@H](CC(N)=O)C(=O)OCCCC#Cc1cc(-c2cccc(Cl)c2)sc1C=C1SC(=S)N(C2CC3CCC2C3)C1=O. The van der Waals surface area contributed by atoms with Crippen LogP contribution in [-0.4, -0.2) is 57.4 Å². The molecule has 3 fully saturated rings. The van der Waals surface area contributed by atoms with E-state index in [0.717, 1.165) is 33.7 Å². The number of alkyl carbamates (subject to hydrolysis) is 1. The molecule has 2 aromatic rings. The highest BCUT2D eigenvalue weighted by Gasteiger charge is 2.48. The Hall–Kier alpha value is -3.37. The maximum absolute atomic E-state index is 13.6. The Morgan fingerprint density at radius 2 is 2.02 bits per heavy atom. The van der Waals surface area contributed by atoms with Crippen molar-refractivity contribution in [3.05, 3.63) is 50.7 Å². The van der Waals surface area contributed by atoms with E-state index in [-0.39, 0.29) is 18.6 Å². The van der Waals surface area contributed by atoms with Gasteiger partial charge in [-0.1, -0.05) is 66.0 Å². The molecule has 3 unspecified atom stereocenters. The van der Waals surface area contributed by atoms with Crippen molar-refractivity contribution < 1.29 is 28.7 Å². The fraction of sp³-hybridized carbons (Fsp3) is 0.457. The molecule has 2 heterocycles. The minimum atomic E-state index is -1.27. The monoisotopic (exact) mass is 727 g/mol. The van der Waals surface area contributed by atoms with Gasteiger partial charge in [0, 0.05) is 32.8 Å². The summed E-state index contributed by atoms with van der Waals surface area (Å²) in [4.78, 5) is 54.1. The van der Waals surface area contributed by atoms with Crippen molar-refractivity contribution in [1.82, 2.24) is 10.2 Å². The number of benzene rings is 1. The molecule has 1 saturated heterocycles. The van der Waals surface area contributed by atoms with Crippen LogP contribution in [0, 0.1) is 23.7 Å². The highest BCUT2D eigenvalue weighted by atomic mass is 35.5. The molecule has 1 aromatic heterocycles. The van der Waals surface area contributed by atoms with Crippen LogP contribution >= 0.6 is 46.9 Å². The Morgan fingerprint density at radius 3 is 2.69 bits per heavy atom. The first kappa shape index (κ1) is 35.9. The highest BCUT2D eigenvalue weighted by molar-refractivity contribution is 8.26. The number of ether oxygens (including phenoxy) is 2. The smallest absolute Gasteiger partial charge is 0.408 e. The average Bonchev–Trinajstić information content (AvgIpc) is 3.78. The summed E-state index contributed by atoms with van der Waals surface area (Å²) in [5.74, 6) is 6.02. The number of rotatable bonds is 10. The predicted octanol–water partition coefficient (Wildman–Crippen LogP) is 6.90. The number of unbranched alkanes of at least 4 members (excludes halogenated alkanes) is 1. The summed E-state index contributed by atoms with van der Waals surface area (Å²) in [7, 11) is 0. The number of thiophene rings is 1. The Morgan fingerprint density at radius 1 is 1.23 bits per heavy atom. The predicted molar refractivity (Wildman–Crippen MR) is 193 cm³/mol. The Balaban J connectivity index is 1.25. The fourth-order valence-corrected chi connectivity index (χ4v) is 8.92. The molecule has 3 aliphatic rings. The van der Waals surface area contributed by atoms with Gasteiger partial charge in [0.1, 0.15) is 16.0 Å². The van der Waals surface area contributed by atoms with E-state index in [4.69, 9.17) is 39.0 Å². The lowest BCUT2D eigenvalue weighted by Gasteiger charge is -2.30. The van der Waals surface area contributed by atoms with Crippen molar-refractivity contribution in [1.29, 1.82) is 0 Å². The minimum absolute atomic E-state index is 0.0223. The van der Waals surface area contributed by atoms with E-state index >= 15 is 0 Å². The summed E-state index contributed by atoms with van der Waals surface area (Å²) in [5.41, 5.74) is 6.18. The second kappa shape index (κ2) is 15.5. The number of amides is 3. The summed E-state index contributed by atoms with van der Waals surface area (Å²) in [5, 5.41) is 2.97. The first-order chi connectivity index (χ1) is 22.8. The molecule has 2 bridgehead atoms. The zero-order valence-electron chi connectivity index (χ0n) is 27.0. The van der Waals surface area contributed by atoms with Gasteiger partial charge in [0.2, 0.25) is 5.91 Å². The van der Waals surface area contributed by atoms with Gasteiger partial charge in [-0.25, -0.2) is 9.59 Å². The van der Waals surface area contributed by atoms with E-state index in [1.807, 2.05) is 41.3 Å². The number of fused-ring (bicyclic) bond motifs is 2. The topological polar surface area (TPSA) is 128 Å². The van der Waals surface area contributed by atoms with Gasteiger partial charge in [-0.05, 0) is 88.1 Å². The van der Waals surface area contributed by atoms with Crippen LogP contribution in [-0.2, 0) is 23.9 Å². The third-order valence-electron chi connectivity index (χ3n) is 8.28. The molecule has 3 amide bonds. The number of hydrogen-bond donors (Lipinski definition) is 2. The zero-order valence-corrected chi connectivity index (χ0v) is 30.2. The number of carbonyl (C=O) groups excluding carboxylic acids is 4. The Labute approximate surface area is 299 Å². The number of esters is 1. The maximum Gasteiger partial charge on any atom is 0.408 e. The summed E-state index contributed by atoms with van der Waals surface area (Å²) in [6.07, 6.45) is 6.06. The van der Waals surface area contributed by atoms with E-state index < -0.39 is 36.0 Å². The molecular weight excluding hydrogens is 690 g/mol. The number of nitrogens with two attached hydrogens (primary N) is 1. The number of primary amides is 1. The van der Waals surface area contributed by atoms with Crippen LogP contribution in [0.15, 0.2) is 35.2 Å². The van der Waals surface area contributed by atoms with Crippen molar-refractivity contribution >= 4 is 81.2 Å². The fourth-order valence-electron chi connectivity index (χ4n) is 6.24. The van der Waals surface area contributed by atoms with Crippen LogP contribution in [0.1, 0.15) is 76.2 Å². The van der Waals surface area contributed by atoms with E-state index in [2.05, 4.69) is 17.2 Å². The van der Waals surface area contributed by atoms with Crippen molar-refractivity contribution in [2.24, 2.45) is 17.6 Å². The maximum atomic E-state index is 13.6. The number of nitrogens with zero attached hydrogens (tertiary/aromatic N) is 1. The van der Waals surface area contributed by atoms with Crippen molar-refractivity contribution in [3.8, 4) is 22.3 Å². The molecule has 3 N–H and O–H groups in total. The van der Waals surface area contributed by atoms with Gasteiger partial charge in [0.25, 0.3) is 5.91 Å². The first-order valence-electron chi connectivity index (χ1n) is 15.9. The number of halogens is 1. The van der Waals surface area contributed by atoms with Crippen molar-refractivity contribution in [2.75, 3.05) is 6.61 Å². The standard InChI is InChI=1S/C35H38ClN3O6S3/c1-35(2,3)45-33(43)38-25(18-30(37)40)32(42)44-13-6-4-5-8-23-17-27(22-9-7-10-24(36)16-22)47-28(23)19-29-31(41)39(34(46)48-29)26-15-20-11-12-21(26)14-20/h7,9-10,16-17,19-21,25-26H,4,6,11-15,18H2,1-3H3,(H2,37,40)(H,38,43)/t20?,21?,25-,26?/m0/s1. The lowest BCUT2D eigenvalue weighted by atomic mass is 9.94. The van der Waals surface area contributed by atoms with E-state index in [0.29, 0.717) is 38.9 Å². The van der Waals surface area contributed by atoms with E-state index in [1.165, 1.54) is 35.9 Å². The van der Waals surface area contributed by atoms with Crippen LogP contribution in [0.4, 0.5) is 4.79 Å². The van der Waals surface area contributed by atoms with Gasteiger partial charge in [0.05, 0.1) is 17.9 Å². The molecule has 2 aliphatic carbocycles. The van der Waals surface area contributed by atoms with Crippen LogP contribution in [0.25, 0.3) is 16.5 Å². The van der Waals surface area contributed by atoms with Crippen molar-refractivity contribution in [3.63, 3.8) is 0 Å². The molecule has 48 heavy (non-hydrogen) atoms. The zero-order chi connectivity index (χ0) is 34.6. The number of hydrogen-bond acceptors (Lipinski definition) is 9. The molecule has 2 saturated carbocycles. The number of thiocarbonyl (C=S) groups is 1. The van der Waals surface area contributed by atoms with Gasteiger partial charge >= 0.3 is 12.1 Å². The van der Waals surface area contributed by atoms with E-state index in [9.17, 15) is 19.2 Å². The third kappa shape index (κ3) is 9.20. The normalized spacial score (nSPS) is 21.6. The van der Waals surface area contributed by atoms with Gasteiger partial charge in [-0.15, -0.1) is 11.3 Å². The molecule has 4 atom stereocenters. The number of nitrogens with one attached hydrogen (secondary N) is 1. The molecule has 254 valence electrons. The van der Waals surface area contributed by atoms with Crippen LogP contribution < -0.4 is 11.1 Å². The summed E-state index contributed by atoms with van der Waals surface area (Å²) in [6, 6.07) is 8.49. The van der Waals surface area contributed by atoms with Gasteiger partial charge in [-0.2, -0.15) is 0 Å². The Bertz CT molecular complexity index is 1700. The quantitative estimate of drug-likeness (QED) is 0.0890. The largest absolute Gasteiger partial charge is 0.464 e. The van der Waals surface area contributed by atoms with Crippen molar-refractivity contribution in [2.45, 2.75) is 83.4 Å². The lowest BCUT2D eigenvalue weighted by Crippen LogP contribution is -2.46. The number of carbonyl (C=O) groups is 4. The first-order valence-corrected chi connectivity index (χ1v) is 18.3. The van der Waals surface area contributed by atoms with E-state index in [1.54, 1.807) is 20.8 Å². The van der Waals surface area contributed by atoms with Crippen LogP contribution in [0.3, 0.4) is 0 Å². The molecule has 0 spiro atoms. The van der Waals surface area contributed by atoms with Crippen LogP contribution in [0.5, 0.6) is 0 Å². The lowest BCUT2D eigenvalue weighted by molar-refractivity contribution is -0.147. The molecular formula is C35H38ClN3O6S3. The van der Waals surface area contributed by atoms with Gasteiger partial charge in [-0.3, -0.25) is 14.5 Å². The van der Waals surface area contributed by atoms with Gasteiger partial charge < -0.3 is 20.5 Å². The molecule has 1 aromatic carbocycles. The molecule has 5 rings (SSSR count).